The van der Waals surface area contributed by atoms with Crippen LogP contribution in [0, 0.1) is 6.92 Å². The van der Waals surface area contributed by atoms with Crippen LogP contribution in [0.15, 0.2) is 36.4 Å². The molecule has 0 aromatic heterocycles. The van der Waals surface area contributed by atoms with E-state index in [0.29, 0.717) is 35.7 Å². The summed E-state index contributed by atoms with van der Waals surface area (Å²) in [5, 5.41) is 7.08. The molecule has 0 saturated heterocycles. The molecule has 6 heteroatoms. The molecule has 5 nitrogen and oxygen atoms in total. The predicted molar refractivity (Wildman–Crippen MR) is 126 cm³/mol. The highest BCUT2D eigenvalue weighted by Crippen LogP contribution is 2.34. The van der Waals surface area contributed by atoms with Gasteiger partial charge in [-0.3, -0.25) is 4.79 Å². The van der Waals surface area contributed by atoms with E-state index in [0.717, 1.165) is 16.8 Å². The quantitative estimate of drug-likeness (QED) is 0.474. The van der Waals surface area contributed by atoms with Gasteiger partial charge in [-0.25, -0.2) is 0 Å². The lowest BCUT2D eigenvalue weighted by Gasteiger charge is -2.18. The lowest BCUT2D eigenvalue weighted by atomic mass is 10.1. The molecule has 0 radical (unpaired) electrons. The maximum Gasteiger partial charge on any atom is 0.262 e. The van der Waals surface area contributed by atoms with Crippen LogP contribution in [-0.4, -0.2) is 25.2 Å². The molecule has 0 atom stereocenters. The van der Waals surface area contributed by atoms with Crippen molar-refractivity contribution < 1.29 is 14.3 Å². The van der Waals surface area contributed by atoms with Crippen molar-refractivity contribution in [3.63, 3.8) is 0 Å². The maximum atomic E-state index is 12.3. The number of amides is 1. The van der Waals surface area contributed by atoms with Crippen molar-refractivity contribution in [3.8, 4) is 11.5 Å². The van der Waals surface area contributed by atoms with Crippen LogP contribution in [0.3, 0.4) is 0 Å². The molecule has 1 fully saturated rings. The first-order chi connectivity index (χ1) is 15.0. The number of ether oxygens (including phenoxy) is 2. The third kappa shape index (κ3) is 7.44. The minimum absolute atomic E-state index is 0.121. The van der Waals surface area contributed by atoms with E-state index >= 15 is 0 Å². The van der Waals surface area contributed by atoms with Gasteiger partial charge in [-0.05, 0) is 50.5 Å². The molecule has 0 bridgehead atoms. The Kier molecular flexibility index (Phi) is 9.04. The van der Waals surface area contributed by atoms with Gasteiger partial charge in [0.2, 0.25) is 0 Å². The second-order valence-electron chi connectivity index (χ2n) is 8.10. The van der Waals surface area contributed by atoms with Crippen molar-refractivity contribution in [2.45, 2.75) is 65.0 Å². The third-order valence-electron chi connectivity index (χ3n) is 5.54. The van der Waals surface area contributed by atoms with Gasteiger partial charge in [-0.1, -0.05) is 55.0 Å². The summed E-state index contributed by atoms with van der Waals surface area (Å²) < 4.78 is 11.5. The summed E-state index contributed by atoms with van der Waals surface area (Å²) in [6.07, 6.45) is 7.66. The first kappa shape index (κ1) is 23.4. The first-order valence-electron chi connectivity index (χ1n) is 11.2. The highest BCUT2D eigenvalue weighted by atomic mass is 35.5. The van der Waals surface area contributed by atoms with Gasteiger partial charge in [0, 0.05) is 29.4 Å². The molecule has 2 N–H and O–H groups in total. The van der Waals surface area contributed by atoms with E-state index in [2.05, 4.69) is 10.6 Å². The van der Waals surface area contributed by atoms with Crippen molar-refractivity contribution in [1.82, 2.24) is 5.32 Å². The number of halogens is 1. The molecule has 1 amide bonds. The fraction of sp³-hybridized carbons (Fsp3) is 0.480. The zero-order valence-corrected chi connectivity index (χ0v) is 19.3. The van der Waals surface area contributed by atoms with Crippen molar-refractivity contribution in [2.75, 3.05) is 18.5 Å². The summed E-state index contributed by atoms with van der Waals surface area (Å²) in [5.41, 5.74) is 2.85. The summed E-state index contributed by atoms with van der Waals surface area (Å²) in [4.78, 5) is 12.3. The van der Waals surface area contributed by atoms with Gasteiger partial charge >= 0.3 is 0 Å². The smallest absolute Gasteiger partial charge is 0.262 e. The third-order valence-corrected chi connectivity index (χ3v) is 5.89. The Morgan fingerprint density at radius 1 is 1.03 bits per heavy atom. The van der Waals surface area contributed by atoms with E-state index in [1.807, 2.05) is 44.2 Å². The van der Waals surface area contributed by atoms with Crippen LogP contribution in [0.4, 0.5) is 5.69 Å². The molecule has 0 heterocycles. The van der Waals surface area contributed by atoms with Crippen LogP contribution in [0.1, 0.15) is 56.6 Å². The fourth-order valence-corrected chi connectivity index (χ4v) is 4.03. The van der Waals surface area contributed by atoms with Crippen LogP contribution in [0.25, 0.3) is 0 Å². The van der Waals surface area contributed by atoms with Crippen molar-refractivity contribution in [2.24, 2.45) is 0 Å². The number of aryl methyl sites for hydroxylation is 1. The van der Waals surface area contributed by atoms with E-state index < -0.39 is 0 Å². The van der Waals surface area contributed by atoms with Gasteiger partial charge in [-0.15, -0.1) is 0 Å². The van der Waals surface area contributed by atoms with Crippen molar-refractivity contribution in [3.05, 3.63) is 52.5 Å². The maximum absolute atomic E-state index is 12.3. The Labute approximate surface area is 190 Å². The summed E-state index contributed by atoms with van der Waals surface area (Å²) in [6.45, 7) is 5.00. The summed E-state index contributed by atoms with van der Waals surface area (Å²) in [5.74, 6) is 0.846. The van der Waals surface area contributed by atoms with Crippen LogP contribution >= 0.6 is 11.6 Å². The SMILES string of the molecule is CCOc1cc(CNC2CCCCCC2)c(Cl)cc1OCC(=O)Nc1ccc(C)cc1. The second kappa shape index (κ2) is 12.0. The van der Waals surface area contributed by atoms with Gasteiger partial charge in [0.1, 0.15) is 0 Å². The average Bonchev–Trinajstić information content (AvgIpc) is 3.03. The zero-order chi connectivity index (χ0) is 22.1. The normalized spacial score (nSPS) is 14.7. The van der Waals surface area contributed by atoms with Gasteiger partial charge in [-0.2, -0.15) is 0 Å². The number of rotatable bonds is 9. The van der Waals surface area contributed by atoms with E-state index in [9.17, 15) is 4.79 Å². The molecule has 0 unspecified atom stereocenters. The average molecular weight is 445 g/mol. The molecule has 1 saturated carbocycles. The minimum atomic E-state index is -0.235. The van der Waals surface area contributed by atoms with Gasteiger partial charge in [0.25, 0.3) is 5.91 Å². The number of carbonyl (C=O) groups excluding carboxylic acids is 1. The highest BCUT2D eigenvalue weighted by Gasteiger charge is 2.16. The second-order valence-corrected chi connectivity index (χ2v) is 8.50. The molecule has 2 aromatic carbocycles. The van der Waals surface area contributed by atoms with E-state index in [1.54, 1.807) is 6.07 Å². The summed E-state index contributed by atoms with van der Waals surface area (Å²) in [6, 6.07) is 11.8. The predicted octanol–water partition coefficient (Wildman–Crippen LogP) is 5.88. The molecule has 31 heavy (non-hydrogen) atoms. The van der Waals surface area contributed by atoms with E-state index in [1.165, 1.54) is 38.5 Å². The number of carbonyl (C=O) groups is 1. The number of nitrogens with one attached hydrogen (secondary N) is 2. The fourth-order valence-electron chi connectivity index (χ4n) is 3.81. The Morgan fingerprint density at radius 2 is 1.71 bits per heavy atom. The number of benzene rings is 2. The molecule has 0 spiro atoms. The van der Waals surface area contributed by atoms with Crippen LogP contribution in [0.5, 0.6) is 11.5 Å². The van der Waals surface area contributed by atoms with Crippen molar-refractivity contribution in [1.29, 1.82) is 0 Å². The van der Waals surface area contributed by atoms with Crippen LogP contribution < -0.4 is 20.1 Å². The van der Waals surface area contributed by atoms with E-state index in [4.69, 9.17) is 21.1 Å². The first-order valence-corrected chi connectivity index (χ1v) is 11.6. The molecule has 2 aromatic rings. The van der Waals surface area contributed by atoms with Crippen LogP contribution in [0.2, 0.25) is 5.02 Å². The minimum Gasteiger partial charge on any atom is -0.490 e. The lowest BCUT2D eigenvalue weighted by Crippen LogP contribution is -2.28. The number of hydrogen-bond acceptors (Lipinski definition) is 4. The Balaban J connectivity index is 1.60. The Hall–Kier alpha value is -2.24. The number of hydrogen-bond donors (Lipinski definition) is 2. The molecule has 3 rings (SSSR count). The van der Waals surface area contributed by atoms with Crippen LogP contribution in [-0.2, 0) is 11.3 Å². The largest absolute Gasteiger partial charge is 0.490 e. The lowest BCUT2D eigenvalue weighted by molar-refractivity contribution is -0.118. The molecule has 168 valence electrons. The highest BCUT2D eigenvalue weighted by molar-refractivity contribution is 6.31. The Bertz CT molecular complexity index is 847. The molecule has 1 aliphatic rings. The Morgan fingerprint density at radius 3 is 2.39 bits per heavy atom. The van der Waals surface area contributed by atoms with Gasteiger partial charge < -0.3 is 20.1 Å². The van der Waals surface area contributed by atoms with Gasteiger partial charge in [0.15, 0.2) is 18.1 Å². The summed E-state index contributed by atoms with van der Waals surface area (Å²) in [7, 11) is 0. The van der Waals surface area contributed by atoms with Crippen molar-refractivity contribution >= 4 is 23.2 Å². The molecular formula is C25H33ClN2O3. The summed E-state index contributed by atoms with van der Waals surface area (Å²) >= 11 is 6.54. The molecular weight excluding hydrogens is 412 g/mol. The number of anilines is 1. The topological polar surface area (TPSA) is 59.6 Å². The van der Waals surface area contributed by atoms with Gasteiger partial charge in [0.05, 0.1) is 6.61 Å². The van der Waals surface area contributed by atoms with E-state index in [-0.39, 0.29) is 12.5 Å². The standard InChI is InChI=1S/C25H33ClN2O3/c1-3-30-23-14-19(16-27-20-8-6-4-5-7-9-20)22(26)15-24(23)31-17-25(29)28-21-12-10-18(2)11-13-21/h10-15,20,27H,3-9,16-17H2,1-2H3,(H,28,29). The monoisotopic (exact) mass is 444 g/mol. The zero-order valence-electron chi connectivity index (χ0n) is 18.5. The molecule has 1 aliphatic carbocycles. The molecule has 0 aliphatic heterocycles.